The summed E-state index contributed by atoms with van der Waals surface area (Å²) in [4.78, 5) is 17.3. The molecule has 2 heterocycles. The number of ether oxygens (including phenoxy) is 2. The summed E-state index contributed by atoms with van der Waals surface area (Å²) in [5.74, 6) is 1.38. The average Bonchev–Trinajstić information content (AvgIpc) is 3.09. The molecular formula is C22H24N2O4. The van der Waals surface area contributed by atoms with Gasteiger partial charge in [-0.2, -0.15) is 0 Å². The van der Waals surface area contributed by atoms with Gasteiger partial charge in [0.2, 0.25) is 5.75 Å². The second-order valence-electron chi connectivity index (χ2n) is 6.85. The highest BCUT2D eigenvalue weighted by atomic mass is 16.5. The summed E-state index contributed by atoms with van der Waals surface area (Å²) in [5, 5.41) is 0.865. The maximum Gasteiger partial charge on any atom is 0.290 e. The lowest BCUT2D eigenvalue weighted by Crippen LogP contribution is -2.48. The number of piperazine rings is 1. The summed E-state index contributed by atoms with van der Waals surface area (Å²) >= 11 is 0. The summed E-state index contributed by atoms with van der Waals surface area (Å²) in [6.45, 7) is 4.82. The molecule has 0 saturated carbocycles. The maximum absolute atomic E-state index is 13.1. The van der Waals surface area contributed by atoms with Gasteiger partial charge in [-0.1, -0.05) is 18.2 Å². The molecule has 0 unspecified atom stereocenters. The minimum Gasteiger partial charge on any atom is -0.493 e. The average molecular weight is 380 g/mol. The highest BCUT2D eigenvalue weighted by molar-refractivity contribution is 6.01. The van der Waals surface area contributed by atoms with E-state index in [1.54, 1.807) is 14.2 Å². The van der Waals surface area contributed by atoms with Crippen LogP contribution in [0.25, 0.3) is 11.0 Å². The molecule has 6 nitrogen and oxygen atoms in total. The van der Waals surface area contributed by atoms with Crippen molar-refractivity contribution in [3.05, 3.63) is 53.8 Å². The molecule has 6 heteroatoms. The number of furan rings is 1. The highest BCUT2D eigenvalue weighted by Crippen LogP contribution is 2.39. The number of nitrogens with zero attached hydrogens (tertiary/aromatic N) is 2. The van der Waals surface area contributed by atoms with E-state index < -0.39 is 0 Å². The van der Waals surface area contributed by atoms with Crippen LogP contribution in [0.3, 0.4) is 0 Å². The van der Waals surface area contributed by atoms with Gasteiger partial charge in [0.25, 0.3) is 5.91 Å². The Bertz CT molecular complexity index is 989. The SMILES string of the molecule is COc1ccc2c(C)c(C(=O)N3CCN(c4ccccc4)CC3)oc2c1OC. The van der Waals surface area contributed by atoms with Gasteiger partial charge in [0.1, 0.15) is 0 Å². The second kappa shape index (κ2) is 7.46. The predicted molar refractivity (Wildman–Crippen MR) is 109 cm³/mol. The Morgan fingerprint density at radius 1 is 0.964 bits per heavy atom. The van der Waals surface area contributed by atoms with Crippen LogP contribution in [0, 0.1) is 6.92 Å². The first-order valence-corrected chi connectivity index (χ1v) is 9.37. The van der Waals surface area contributed by atoms with E-state index in [1.807, 2.05) is 42.2 Å². The number of amides is 1. The van der Waals surface area contributed by atoms with Gasteiger partial charge in [-0.15, -0.1) is 0 Å². The number of para-hydroxylation sites is 1. The number of methoxy groups -OCH3 is 2. The zero-order valence-corrected chi connectivity index (χ0v) is 16.4. The Morgan fingerprint density at radius 3 is 2.32 bits per heavy atom. The maximum atomic E-state index is 13.1. The van der Waals surface area contributed by atoms with E-state index in [-0.39, 0.29) is 5.91 Å². The first kappa shape index (κ1) is 18.2. The van der Waals surface area contributed by atoms with E-state index in [2.05, 4.69) is 17.0 Å². The summed E-state index contributed by atoms with van der Waals surface area (Å²) in [5.41, 5.74) is 2.56. The molecule has 2 aromatic carbocycles. The van der Waals surface area contributed by atoms with Crippen molar-refractivity contribution < 1.29 is 18.7 Å². The molecule has 1 aliphatic rings. The van der Waals surface area contributed by atoms with E-state index in [0.717, 1.165) is 24.0 Å². The topological polar surface area (TPSA) is 55.2 Å². The Hall–Kier alpha value is -3.15. The molecule has 0 aliphatic carbocycles. The third-order valence-electron chi connectivity index (χ3n) is 5.33. The van der Waals surface area contributed by atoms with E-state index in [0.29, 0.717) is 35.9 Å². The molecule has 0 spiro atoms. The summed E-state index contributed by atoms with van der Waals surface area (Å²) < 4.78 is 16.8. The van der Waals surface area contributed by atoms with Crippen molar-refractivity contribution in [1.82, 2.24) is 4.90 Å². The molecule has 1 amide bonds. The third-order valence-corrected chi connectivity index (χ3v) is 5.33. The van der Waals surface area contributed by atoms with Crippen molar-refractivity contribution in [2.45, 2.75) is 6.92 Å². The fourth-order valence-corrected chi connectivity index (χ4v) is 3.75. The molecule has 1 fully saturated rings. The molecule has 1 saturated heterocycles. The molecule has 1 aliphatic heterocycles. The van der Waals surface area contributed by atoms with Crippen molar-refractivity contribution in [3.63, 3.8) is 0 Å². The van der Waals surface area contributed by atoms with Crippen molar-refractivity contribution in [1.29, 1.82) is 0 Å². The van der Waals surface area contributed by atoms with Crippen LogP contribution in [0.5, 0.6) is 11.5 Å². The minimum atomic E-state index is -0.0811. The lowest BCUT2D eigenvalue weighted by Gasteiger charge is -2.35. The summed E-state index contributed by atoms with van der Waals surface area (Å²) in [7, 11) is 3.15. The number of anilines is 1. The molecule has 0 radical (unpaired) electrons. The van der Waals surface area contributed by atoms with Crippen LogP contribution in [-0.4, -0.2) is 51.2 Å². The van der Waals surface area contributed by atoms with E-state index >= 15 is 0 Å². The smallest absolute Gasteiger partial charge is 0.290 e. The zero-order chi connectivity index (χ0) is 19.7. The van der Waals surface area contributed by atoms with Crippen LogP contribution in [0.2, 0.25) is 0 Å². The predicted octanol–water partition coefficient (Wildman–Crippen LogP) is 3.72. The lowest BCUT2D eigenvalue weighted by atomic mass is 10.1. The molecule has 4 rings (SSSR count). The molecule has 146 valence electrons. The summed E-state index contributed by atoms with van der Waals surface area (Å²) in [6, 6.07) is 14.0. The first-order valence-electron chi connectivity index (χ1n) is 9.37. The quantitative estimate of drug-likeness (QED) is 0.690. The van der Waals surface area contributed by atoms with Gasteiger partial charge in [0, 0.05) is 42.8 Å². The Kier molecular flexibility index (Phi) is 4.86. The number of hydrogen-bond donors (Lipinski definition) is 0. The Labute approximate surface area is 164 Å². The highest BCUT2D eigenvalue weighted by Gasteiger charge is 2.28. The fraction of sp³-hybridized carbons (Fsp3) is 0.318. The fourth-order valence-electron chi connectivity index (χ4n) is 3.75. The van der Waals surface area contributed by atoms with Crippen LogP contribution < -0.4 is 14.4 Å². The zero-order valence-electron chi connectivity index (χ0n) is 16.4. The van der Waals surface area contributed by atoms with Crippen LogP contribution in [0.4, 0.5) is 5.69 Å². The Morgan fingerprint density at radius 2 is 1.68 bits per heavy atom. The van der Waals surface area contributed by atoms with Crippen molar-refractivity contribution in [3.8, 4) is 11.5 Å². The number of rotatable bonds is 4. The second-order valence-corrected chi connectivity index (χ2v) is 6.85. The van der Waals surface area contributed by atoms with Crippen molar-refractivity contribution in [2.75, 3.05) is 45.3 Å². The molecule has 0 bridgehead atoms. The van der Waals surface area contributed by atoms with E-state index in [4.69, 9.17) is 13.9 Å². The van der Waals surface area contributed by atoms with Crippen LogP contribution in [-0.2, 0) is 0 Å². The largest absolute Gasteiger partial charge is 0.493 e. The van der Waals surface area contributed by atoms with E-state index in [1.165, 1.54) is 5.69 Å². The van der Waals surface area contributed by atoms with Gasteiger partial charge < -0.3 is 23.7 Å². The van der Waals surface area contributed by atoms with Crippen LogP contribution in [0.1, 0.15) is 16.1 Å². The van der Waals surface area contributed by atoms with Crippen LogP contribution in [0.15, 0.2) is 46.9 Å². The Balaban J connectivity index is 1.57. The number of hydrogen-bond acceptors (Lipinski definition) is 5. The molecule has 0 N–H and O–H groups in total. The molecule has 0 atom stereocenters. The van der Waals surface area contributed by atoms with Gasteiger partial charge in [-0.3, -0.25) is 4.79 Å². The minimum absolute atomic E-state index is 0.0811. The molecule has 1 aromatic heterocycles. The number of benzene rings is 2. The van der Waals surface area contributed by atoms with Crippen LogP contribution >= 0.6 is 0 Å². The number of carbonyl (C=O) groups excluding carboxylic acids is 1. The van der Waals surface area contributed by atoms with Gasteiger partial charge in [0.05, 0.1) is 14.2 Å². The normalized spacial score (nSPS) is 14.4. The standard InChI is InChI=1S/C22H24N2O4/c1-15-17-9-10-18(26-2)21(27-3)20(17)28-19(15)22(25)24-13-11-23(12-14-24)16-7-5-4-6-8-16/h4-10H,11-14H2,1-3H3. The molecular weight excluding hydrogens is 356 g/mol. The van der Waals surface area contributed by atoms with Gasteiger partial charge in [0.15, 0.2) is 17.1 Å². The monoisotopic (exact) mass is 380 g/mol. The van der Waals surface area contributed by atoms with Gasteiger partial charge in [-0.05, 0) is 31.2 Å². The first-order chi connectivity index (χ1) is 13.6. The number of aryl methyl sites for hydroxylation is 1. The van der Waals surface area contributed by atoms with E-state index in [9.17, 15) is 4.79 Å². The number of fused-ring (bicyclic) bond motifs is 1. The third kappa shape index (κ3) is 3.05. The van der Waals surface area contributed by atoms with Gasteiger partial charge in [-0.25, -0.2) is 0 Å². The van der Waals surface area contributed by atoms with Crippen molar-refractivity contribution >= 4 is 22.6 Å². The number of carbonyl (C=O) groups is 1. The molecule has 3 aromatic rings. The summed E-state index contributed by atoms with van der Waals surface area (Å²) in [6.07, 6.45) is 0. The lowest BCUT2D eigenvalue weighted by molar-refractivity contribution is 0.0716. The molecule has 28 heavy (non-hydrogen) atoms. The van der Waals surface area contributed by atoms with Crippen molar-refractivity contribution in [2.24, 2.45) is 0 Å². The van der Waals surface area contributed by atoms with Gasteiger partial charge >= 0.3 is 0 Å².